The van der Waals surface area contributed by atoms with Crippen molar-refractivity contribution < 1.29 is 18.4 Å². The Kier molecular flexibility index (Phi) is 6.77. The van der Waals surface area contributed by atoms with Crippen LogP contribution in [0.2, 0.25) is 5.02 Å². The smallest absolute Gasteiger partial charge is 0.281 e. The number of para-hydroxylation sites is 1. The third-order valence-electron chi connectivity index (χ3n) is 7.78. The number of halogens is 3. The van der Waals surface area contributed by atoms with Gasteiger partial charge < -0.3 is 15.5 Å². The summed E-state index contributed by atoms with van der Waals surface area (Å²) in [5.41, 5.74) is 1.03. The number of carbonyl (C=O) groups excluding carboxylic acids is 2. The lowest BCUT2D eigenvalue weighted by Gasteiger charge is -2.35. The zero-order valence-electron chi connectivity index (χ0n) is 19.4. The van der Waals surface area contributed by atoms with Gasteiger partial charge in [-0.05, 0) is 75.2 Å². The summed E-state index contributed by atoms with van der Waals surface area (Å²) in [6.45, 7) is 2.35. The normalized spacial score (nSPS) is 23.5. The summed E-state index contributed by atoms with van der Waals surface area (Å²) in [5, 5.41) is 6.40. The van der Waals surface area contributed by atoms with Crippen LogP contribution in [0.3, 0.4) is 0 Å². The fraction of sp³-hybridized carbons (Fsp3) is 0.500. The van der Waals surface area contributed by atoms with Gasteiger partial charge in [-0.2, -0.15) is 0 Å². The molecule has 1 spiro atoms. The molecule has 35 heavy (non-hydrogen) atoms. The van der Waals surface area contributed by atoms with Gasteiger partial charge >= 0.3 is 0 Å². The van der Waals surface area contributed by atoms with Gasteiger partial charge in [0.05, 0.1) is 16.0 Å². The molecule has 1 aromatic carbocycles. The van der Waals surface area contributed by atoms with E-state index < -0.39 is 23.4 Å². The summed E-state index contributed by atoms with van der Waals surface area (Å²) < 4.78 is 26.6. The Morgan fingerprint density at radius 1 is 1.20 bits per heavy atom. The molecule has 2 N–H and O–H groups in total. The molecule has 2 fully saturated rings. The number of piperidine rings is 1. The van der Waals surface area contributed by atoms with E-state index in [9.17, 15) is 18.4 Å². The molecule has 3 heterocycles. The van der Waals surface area contributed by atoms with E-state index in [-0.39, 0.29) is 22.5 Å². The number of aromatic nitrogens is 1. The van der Waals surface area contributed by atoms with Crippen molar-refractivity contribution in [3.63, 3.8) is 0 Å². The van der Waals surface area contributed by atoms with Crippen molar-refractivity contribution >= 4 is 29.1 Å². The molecular weight excluding hydrogens is 474 g/mol. The van der Waals surface area contributed by atoms with Crippen molar-refractivity contribution in [3.8, 4) is 0 Å². The third kappa shape index (κ3) is 4.54. The molecule has 0 unspecified atom stereocenters. The second kappa shape index (κ2) is 9.82. The van der Waals surface area contributed by atoms with Crippen LogP contribution in [0.4, 0.5) is 14.5 Å². The Bertz CT molecular complexity index is 1110. The van der Waals surface area contributed by atoms with Crippen molar-refractivity contribution in [1.82, 2.24) is 15.6 Å². The number of pyridine rings is 1. The van der Waals surface area contributed by atoms with E-state index in [1.54, 1.807) is 0 Å². The van der Waals surface area contributed by atoms with Gasteiger partial charge in [-0.3, -0.25) is 14.6 Å². The van der Waals surface area contributed by atoms with Crippen LogP contribution in [0.1, 0.15) is 66.6 Å². The molecule has 1 aromatic heterocycles. The standard InChI is InChI=1S/C26H29ClF2N4O2/c27-17-13-19(22(23(28)29)31-14-17)24(34)32-18-7-5-16(6-8-18)15-33-21-4-2-1-3-20(21)26(25(33)35)9-11-30-12-10-26/h1-4,13-14,16,18,23,30H,5-12,15H2,(H,32,34). The van der Waals surface area contributed by atoms with Crippen molar-refractivity contribution in [3.05, 3.63) is 58.4 Å². The topological polar surface area (TPSA) is 74.3 Å². The summed E-state index contributed by atoms with van der Waals surface area (Å²) in [6.07, 6.45) is 3.06. The lowest BCUT2D eigenvalue weighted by Crippen LogP contribution is -2.48. The molecule has 1 aliphatic carbocycles. The molecule has 0 atom stereocenters. The maximum atomic E-state index is 13.7. The summed E-state index contributed by atoms with van der Waals surface area (Å²) >= 11 is 5.89. The number of nitrogens with one attached hydrogen (secondary N) is 2. The van der Waals surface area contributed by atoms with Crippen LogP contribution >= 0.6 is 11.6 Å². The van der Waals surface area contributed by atoms with Crippen LogP contribution < -0.4 is 15.5 Å². The summed E-state index contributed by atoms with van der Waals surface area (Å²) in [6, 6.07) is 9.29. The Hall–Kier alpha value is -2.58. The summed E-state index contributed by atoms with van der Waals surface area (Å²) in [5.74, 6) is -0.0413. The van der Waals surface area contributed by atoms with E-state index in [4.69, 9.17) is 11.6 Å². The lowest BCUT2D eigenvalue weighted by molar-refractivity contribution is -0.124. The third-order valence-corrected chi connectivity index (χ3v) is 7.99. The maximum absolute atomic E-state index is 13.7. The Balaban J connectivity index is 1.22. The van der Waals surface area contributed by atoms with Gasteiger partial charge in [-0.1, -0.05) is 29.8 Å². The molecule has 0 radical (unpaired) electrons. The predicted octanol–water partition coefficient (Wildman–Crippen LogP) is 4.63. The number of hydrogen-bond acceptors (Lipinski definition) is 4. The SMILES string of the molecule is O=C(NC1CCC(CN2C(=O)C3(CCNCC3)c3ccccc32)CC1)c1cc(Cl)cnc1C(F)F. The number of alkyl halides is 2. The van der Waals surface area contributed by atoms with E-state index in [1.165, 1.54) is 6.07 Å². The number of rotatable bonds is 5. The average molecular weight is 503 g/mol. The molecule has 186 valence electrons. The highest BCUT2D eigenvalue weighted by Gasteiger charge is 2.51. The second-order valence-corrected chi connectivity index (χ2v) is 10.3. The highest BCUT2D eigenvalue weighted by atomic mass is 35.5. The number of nitrogens with zero attached hydrogens (tertiary/aromatic N) is 2. The molecule has 1 saturated heterocycles. The fourth-order valence-electron chi connectivity index (χ4n) is 5.93. The zero-order valence-corrected chi connectivity index (χ0v) is 20.2. The van der Waals surface area contributed by atoms with Crippen molar-refractivity contribution in [1.29, 1.82) is 0 Å². The molecule has 6 nitrogen and oxygen atoms in total. The van der Waals surface area contributed by atoms with Gasteiger partial charge in [-0.15, -0.1) is 0 Å². The van der Waals surface area contributed by atoms with Crippen LogP contribution in [0, 0.1) is 5.92 Å². The Morgan fingerprint density at radius 2 is 1.91 bits per heavy atom. The second-order valence-electron chi connectivity index (χ2n) is 9.84. The highest BCUT2D eigenvalue weighted by Crippen LogP contribution is 2.47. The van der Waals surface area contributed by atoms with Crippen LogP contribution in [0.25, 0.3) is 0 Å². The van der Waals surface area contributed by atoms with Gasteiger partial charge in [-0.25, -0.2) is 8.78 Å². The summed E-state index contributed by atoms with van der Waals surface area (Å²) in [4.78, 5) is 32.0. The minimum absolute atomic E-state index is 0.111. The predicted molar refractivity (Wildman–Crippen MR) is 130 cm³/mol. The van der Waals surface area contributed by atoms with Gasteiger partial charge in [0.2, 0.25) is 5.91 Å². The molecular formula is C26H29ClF2N4O2. The van der Waals surface area contributed by atoms with Crippen LogP contribution in [0.5, 0.6) is 0 Å². The zero-order chi connectivity index (χ0) is 24.6. The molecule has 2 amide bonds. The first-order valence-corrected chi connectivity index (χ1v) is 12.6. The monoisotopic (exact) mass is 502 g/mol. The number of fused-ring (bicyclic) bond motifs is 2. The van der Waals surface area contributed by atoms with Gasteiger partial charge in [0.15, 0.2) is 0 Å². The lowest BCUT2D eigenvalue weighted by atomic mass is 9.74. The Morgan fingerprint density at radius 3 is 2.63 bits per heavy atom. The van der Waals surface area contributed by atoms with Crippen LogP contribution in [-0.2, 0) is 10.2 Å². The molecule has 2 aliphatic heterocycles. The largest absolute Gasteiger partial charge is 0.349 e. The van der Waals surface area contributed by atoms with Gasteiger partial charge in [0, 0.05) is 24.5 Å². The van der Waals surface area contributed by atoms with Crippen molar-refractivity contribution in [2.24, 2.45) is 5.92 Å². The van der Waals surface area contributed by atoms with E-state index >= 15 is 0 Å². The number of amides is 2. The molecule has 2 aromatic rings. The number of carbonyl (C=O) groups is 2. The highest BCUT2D eigenvalue weighted by molar-refractivity contribution is 6.30. The number of hydrogen-bond donors (Lipinski definition) is 2. The molecule has 5 rings (SSSR count). The quantitative estimate of drug-likeness (QED) is 0.625. The molecule has 9 heteroatoms. The van der Waals surface area contributed by atoms with E-state index in [2.05, 4.69) is 27.8 Å². The number of anilines is 1. The maximum Gasteiger partial charge on any atom is 0.281 e. The van der Waals surface area contributed by atoms with Crippen molar-refractivity contribution in [2.75, 3.05) is 24.5 Å². The fourth-order valence-corrected chi connectivity index (χ4v) is 6.09. The first-order valence-electron chi connectivity index (χ1n) is 12.3. The van der Waals surface area contributed by atoms with Gasteiger partial charge in [0.25, 0.3) is 12.3 Å². The first kappa shape index (κ1) is 24.1. The average Bonchev–Trinajstić information content (AvgIpc) is 3.08. The molecule has 3 aliphatic rings. The minimum Gasteiger partial charge on any atom is -0.349 e. The molecule has 1 saturated carbocycles. The van der Waals surface area contributed by atoms with Crippen molar-refractivity contribution in [2.45, 2.75) is 56.4 Å². The van der Waals surface area contributed by atoms with Crippen LogP contribution in [0.15, 0.2) is 36.5 Å². The van der Waals surface area contributed by atoms with E-state index in [0.717, 1.165) is 69.1 Å². The summed E-state index contributed by atoms with van der Waals surface area (Å²) in [7, 11) is 0. The molecule has 0 bridgehead atoms. The minimum atomic E-state index is -2.85. The first-order chi connectivity index (χ1) is 16.9. The van der Waals surface area contributed by atoms with E-state index in [1.807, 2.05) is 17.0 Å². The van der Waals surface area contributed by atoms with Gasteiger partial charge in [0.1, 0.15) is 5.69 Å². The van der Waals surface area contributed by atoms with Crippen LogP contribution in [-0.4, -0.2) is 42.5 Å². The van der Waals surface area contributed by atoms with E-state index in [0.29, 0.717) is 12.5 Å². The number of benzene rings is 1. The Labute approximate surface area is 208 Å².